The highest BCUT2D eigenvalue weighted by molar-refractivity contribution is 5.70. The van der Waals surface area contributed by atoms with Crippen molar-refractivity contribution in [3.63, 3.8) is 0 Å². The molecule has 0 aliphatic heterocycles. The molecule has 0 aromatic heterocycles. The van der Waals surface area contributed by atoms with E-state index in [0.717, 1.165) is 109 Å². The van der Waals surface area contributed by atoms with Gasteiger partial charge in [0.1, 0.15) is 6.61 Å². The van der Waals surface area contributed by atoms with Gasteiger partial charge >= 0.3 is 11.9 Å². The van der Waals surface area contributed by atoms with E-state index in [1.165, 1.54) is 135 Å². The number of carbonyl (C=O) groups is 2. The van der Waals surface area contributed by atoms with Gasteiger partial charge in [0.05, 0.1) is 6.61 Å². The van der Waals surface area contributed by atoms with Crippen LogP contribution in [0.5, 0.6) is 0 Å². The predicted molar refractivity (Wildman–Crippen MR) is 297 cm³/mol. The minimum absolute atomic E-state index is 0.0691. The van der Waals surface area contributed by atoms with Crippen LogP contribution in [0.2, 0.25) is 0 Å². The SMILES string of the molecule is CC/C=C\C/C=C\C/C=C\C/C=C\CCCCCCC(=O)OC(COCCCCCCCC/C=C\C/C=C\C/C=C\CC)COC(=O)CCCCCCCCCCCCCCCCCCCCC. The van der Waals surface area contributed by atoms with Gasteiger partial charge in [-0.05, 0) is 89.9 Å². The molecule has 392 valence electrons. The molecule has 0 aliphatic carbocycles. The molecular formula is C63H110O5. The van der Waals surface area contributed by atoms with Crippen molar-refractivity contribution in [1.29, 1.82) is 0 Å². The topological polar surface area (TPSA) is 61.8 Å². The Kier molecular flexibility index (Phi) is 55.9. The Hall–Kier alpha value is -2.92. The molecule has 0 saturated heterocycles. The average molecular weight is 948 g/mol. The zero-order chi connectivity index (χ0) is 49.2. The van der Waals surface area contributed by atoms with E-state index in [2.05, 4.69) is 106 Å². The Bertz CT molecular complexity index is 1250. The molecule has 5 nitrogen and oxygen atoms in total. The van der Waals surface area contributed by atoms with E-state index in [1.54, 1.807) is 0 Å². The minimum atomic E-state index is -0.559. The fraction of sp³-hybridized carbons (Fsp3) is 0.746. The van der Waals surface area contributed by atoms with Gasteiger partial charge in [0.2, 0.25) is 0 Å². The fourth-order valence-electron chi connectivity index (χ4n) is 8.16. The summed E-state index contributed by atoms with van der Waals surface area (Å²) in [7, 11) is 0. The van der Waals surface area contributed by atoms with E-state index >= 15 is 0 Å². The highest BCUT2D eigenvalue weighted by Gasteiger charge is 2.17. The third kappa shape index (κ3) is 55.7. The second-order valence-corrected chi connectivity index (χ2v) is 19.1. The molecule has 0 amide bonds. The second kappa shape index (κ2) is 58.4. The van der Waals surface area contributed by atoms with E-state index < -0.39 is 6.10 Å². The van der Waals surface area contributed by atoms with Crippen molar-refractivity contribution >= 4 is 11.9 Å². The van der Waals surface area contributed by atoms with E-state index in [4.69, 9.17) is 14.2 Å². The molecule has 0 N–H and O–H groups in total. The number of hydrogen-bond donors (Lipinski definition) is 0. The van der Waals surface area contributed by atoms with Crippen LogP contribution in [0.4, 0.5) is 0 Å². The van der Waals surface area contributed by atoms with Crippen LogP contribution in [-0.4, -0.2) is 37.9 Å². The number of esters is 2. The first-order valence-corrected chi connectivity index (χ1v) is 29.1. The Labute approximate surface area is 422 Å². The van der Waals surface area contributed by atoms with Gasteiger partial charge in [0.15, 0.2) is 6.10 Å². The van der Waals surface area contributed by atoms with Gasteiger partial charge in [-0.3, -0.25) is 9.59 Å². The van der Waals surface area contributed by atoms with Gasteiger partial charge in [0.25, 0.3) is 0 Å². The number of carbonyl (C=O) groups excluding carboxylic acids is 2. The third-order valence-corrected chi connectivity index (χ3v) is 12.4. The number of rotatable bonds is 53. The molecule has 0 saturated carbocycles. The summed E-state index contributed by atoms with van der Waals surface area (Å²) >= 11 is 0. The minimum Gasteiger partial charge on any atom is -0.462 e. The summed E-state index contributed by atoms with van der Waals surface area (Å²) in [6.07, 6.45) is 77.5. The summed E-state index contributed by atoms with van der Waals surface area (Å²) in [6.45, 7) is 7.58. The Morgan fingerprint density at radius 3 is 1.06 bits per heavy atom. The van der Waals surface area contributed by atoms with Gasteiger partial charge < -0.3 is 14.2 Å². The number of ether oxygens (including phenoxy) is 3. The molecule has 5 heteroatoms. The van der Waals surface area contributed by atoms with Crippen molar-refractivity contribution in [1.82, 2.24) is 0 Å². The summed E-state index contributed by atoms with van der Waals surface area (Å²) in [5, 5.41) is 0. The van der Waals surface area contributed by atoms with Gasteiger partial charge in [-0.1, -0.05) is 260 Å². The zero-order valence-corrected chi connectivity index (χ0v) is 45.1. The van der Waals surface area contributed by atoms with E-state index in [9.17, 15) is 9.59 Å². The van der Waals surface area contributed by atoms with Crippen LogP contribution in [0.25, 0.3) is 0 Å². The smallest absolute Gasteiger partial charge is 0.306 e. The summed E-state index contributed by atoms with van der Waals surface area (Å²) in [5.74, 6) is -0.424. The lowest BCUT2D eigenvalue weighted by molar-refractivity contribution is -0.163. The van der Waals surface area contributed by atoms with Crippen LogP contribution in [0.3, 0.4) is 0 Å². The quantitative estimate of drug-likeness (QED) is 0.0345. The highest BCUT2D eigenvalue weighted by atomic mass is 16.6. The lowest BCUT2D eigenvalue weighted by Gasteiger charge is -2.18. The molecule has 0 spiro atoms. The maximum absolute atomic E-state index is 12.9. The monoisotopic (exact) mass is 947 g/mol. The van der Waals surface area contributed by atoms with E-state index in [0.29, 0.717) is 19.4 Å². The molecule has 68 heavy (non-hydrogen) atoms. The van der Waals surface area contributed by atoms with Crippen molar-refractivity contribution in [3.8, 4) is 0 Å². The first-order chi connectivity index (χ1) is 33.6. The molecule has 0 aromatic carbocycles. The van der Waals surface area contributed by atoms with Crippen LogP contribution >= 0.6 is 0 Å². The predicted octanol–water partition coefficient (Wildman–Crippen LogP) is 20.0. The van der Waals surface area contributed by atoms with Crippen molar-refractivity contribution in [2.24, 2.45) is 0 Å². The van der Waals surface area contributed by atoms with Crippen LogP contribution in [0, 0.1) is 0 Å². The molecule has 0 bridgehead atoms. The zero-order valence-electron chi connectivity index (χ0n) is 45.1. The number of hydrogen-bond acceptors (Lipinski definition) is 5. The van der Waals surface area contributed by atoms with Crippen molar-refractivity contribution < 1.29 is 23.8 Å². The largest absolute Gasteiger partial charge is 0.462 e. The maximum atomic E-state index is 12.9. The summed E-state index contributed by atoms with van der Waals surface area (Å²) < 4.78 is 17.5. The third-order valence-electron chi connectivity index (χ3n) is 12.4. The summed E-state index contributed by atoms with van der Waals surface area (Å²) in [6, 6.07) is 0. The Balaban J connectivity index is 4.31. The normalized spacial score (nSPS) is 12.8. The van der Waals surface area contributed by atoms with Crippen molar-refractivity contribution in [2.75, 3.05) is 19.8 Å². The molecule has 0 rings (SSSR count). The summed E-state index contributed by atoms with van der Waals surface area (Å²) in [4.78, 5) is 25.5. The average Bonchev–Trinajstić information content (AvgIpc) is 3.34. The van der Waals surface area contributed by atoms with Gasteiger partial charge in [-0.25, -0.2) is 0 Å². The number of allylic oxidation sites excluding steroid dienone is 14. The highest BCUT2D eigenvalue weighted by Crippen LogP contribution is 2.16. The second-order valence-electron chi connectivity index (χ2n) is 19.1. The van der Waals surface area contributed by atoms with Crippen molar-refractivity contribution in [3.05, 3.63) is 85.1 Å². The number of unbranched alkanes of at least 4 members (excludes halogenated alkanes) is 28. The Morgan fingerprint density at radius 2 is 0.662 bits per heavy atom. The molecule has 1 unspecified atom stereocenters. The molecule has 1 atom stereocenters. The van der Waals surface area contributed by atoms with E-state index in [-0.39, 0.29) is 25.2 Å². The molecule has 0 aromatic rings. The van der Waals surface area contributed by atoms with Gasteiger partial charge in [-0.2, -0.15) is 0 Å². The molecule has 0 heterocycles. The first-order valence-electron chi connectivity index (χ1n) is 29.1. The van der Waals surface area contributed by atoms with Crippen molar-refractivity contribution in [2.45, 2.75) is 284 Å². The van der Waals surface area contributed by atoms with Crippen LogP contribution < -0.4 is 0 Å². The van der Waals surface area contributed by atoms with Crippen LogP contribution in [0.1, 0.15) is 278 Å². The molecule has 0 radical (unpaired) electrons. The standard InChI is InChI=1S/C63H110O5/c1-4-7-10-13-16-19-22-25-28-31-32-34-35-38-41-44-47-50-53-56-62(64)67-60-61(59-66-58-55-52-49-46-43-40-37-30-27-24-21-18-15-12-9-6-3)68-63(65)57-54-51-48-45-42-39-36-33-29-26-23-20-17-14-11-8-5-2/h8-9,11-12,17-18,20-21,26-27,29-30,36,39,61H,4-7,10,13-16,19,22-25,28,31-35,37-38,40-60H2,1-3H3/b11-8-,12-9-,20-17-,21-18-,29-26-,30-27-,39-36-. The fourth-order valence-corrected chi connectivity index (χ4v) is 8.16. The Morgan fingerprint density at radius 1 is 0.338 bits per heavy atom. The van der Waals surface area contributed by atoms with Gasteiger partial charge in [0, 0.05) is 19.4 Å². The lowest BCUT2D eigenvalue weighted by atomic mass is 10.0. The van der Waals surface area contributed by atoms with Crippen LogP contribution in [-0.2, 0) is 23.8 Å². The van der Waals surface area contributed by atoms with Gasteiger partial charge in [-0.15, -0.1) is 0 Å². The molecular weight excluding hydrogens is 837 g/mol. The van der Waals surface area contributed by atoms with E-state index in [1.807, 2.05) is 0 Å². The summed E-state index contributed by atoms with van der Waals surface area (Å²) in [5.41, 5.74) is 0. The molecule has 0 aliphatic rings. The van der Waals surface area contributed by atoms with Crippen LogP contribution in [0.15, 0.2) is 85.1 Å². The lowest BCUT2D eigenvalue weighted by Crippen LogP contribution is -2.30. The maximum Gasteiger partial charge on any atom is 0.306 e. The first kappa shape index (κ1) is 65.1. The molecule has 0 fully saturated rings.